The van der Waals surface area contributed by atoms with Gasteiger partial charge in [0.15, 0.2) is 11.4 Å². The SMILES string of the molecule is CN(C)[C@@H]1C(=O)C(C(N)=O)=C(O)[C@]2(O)C(=O)C3=C(O)c4c(ccc(N)c4O)C[C@H]3C[C@@H]12. The molecule has 3 aliphatic carbocycles. The van der Waals surface area contributed by atoms with E-state index in [9.17, 15) is 34.8 Å². The number of ketones is 2. The number of aromatic hydroxyl groups is 1. The Bertz CT molecular complexity index is 1120. The van der Waals surface area contributed by atoms with Gasteiger partial charge >= 0.3 is 0 Å². The minimum absolute atomic E-state index is 0.00103. The van der Waals surface area contributed by atoms with E-state index >= 15 is 0 Å². The Labute approximate surface area is 177 Å². The predicted molar refractivity (Wildman–Crippen MR) is 109 cm³/mol. The van der Waals surface area contributed by atoms with Crippen LogP contribution in [0.3, 0.4) is 0 Å². The van der Waals surface area contributed by atoms with E-state index in [1.807, 2.05) is 0 Å². The third-order valence-electron chi connectivity index (χ3n) is 6.62. The van der Waals surface area contributed by atoms with Gasteiger partial charge in [0.2, 0.25) is 5.78 Å². The number of benzene rings is 1. The zero-order valence-corrected chi connectivity index (χ0v) is 16.9. The number of Topliss-reactive ketones (excluding diaryl/α,β-unsaturated/α-hetero) is 2. The number of likely N-dealkylation sites (N-methyl/N-ethyl adjacent to an activating group) is 1. The summed E-state index contributed by atoms with van der Waals surface area (Å²) >= 11 is 0. The Morgan fingerprint density at radius 3 is 2.42 bits per heavy atom. The van der Waals surface area contributed by atoms with Crippen LogP contribution in [0.2, 0.25) is 0 Å². The molecule has 0 bridgehead atoms. The number of carbonyl (C=O) groups excluding carboxylic acids is 3. The maximum Gasteiger partial charge on any atom is 0.255 e. The highest BCUT2D eigenvalue weighted by Crippen LogP contribution is 2.52. The second-order valence-electron chi connectivity index (χ2n) is 8.50. The highest BCUT2D eigenvalue weighted by molar-refractivity contribution is 6.24. The van der Waals surface area contributed by atoms with Gasteiger partial charge in [-0.25, -0.2) is 0 Å². The van der Waals surface area contributed by atoms with Crippen molar-refractivity contribution in [1.29, 1.82) is 0 Å². The largest absolute Gasteiger partial charge is 0.508 e. The molecule has 8 N–H and O–H groups in total. The number of primary amides is 1. The van der Waals surface area contributed by atoms with E-state index in [4.69, 9.17) is 11.5 Å². The maximum absolute atomic E-state index is 13.5. The molecule has 0 saturated heterocycles. The van der Waals surface area contributed by atoms with Gasteiger partial charge in [-0.3, -0.25) is 19.3 Å². The Balaban J connectivity index is 1.98. The number of aliphatic hydroxyl groups excluding tert-OH is 2. The average molecular weight is 429 g/mol. The zero-order chi connectivity index (χ0) is 23.0. The summed E-state index contributed by atoms with van der Waals surface area (Å²) in [7, 11) is 3.10. The van der Waals surface area contributed by atoms with Crippen LogP contribution in [0.4, 0.5) is 5.69 Å². The first-order chi connectivity index (χ1) is 14.4. The molecule has 1 fully saturated rings. The molecule has 4 rings (SSSR count). The smallest absolute Gasteiger partial charge is 0.255 e. The van der Waals surface area contributed by atoms with Crippen LogP contribution in [0.25, 0.3) is 5.76 Å². The van der Waals surface area contributed by atoms with E-state index in [1.54, 1.807) is 20.2 Å². The number of carbonyl (C=O) groups is 3. The van der Waals surface area contributed by atoms with Crippen molar-refractivity contribution in [3.05, 3.63) is 40.2 Å². The Morgan fingerprint density at radius 2 is 1.84 bits per heavy atom. The summed E-state index contributed by atoms with van der Waals surface area (Å²) in [6, 6.07) is 2.01. The van der Waals surface area contributed by atoms with Gasteiger partial charge in [-0.2, -0.15) is 0 Å². The van der Waals surface area contributed by atoms with Crippen molar-refractivity contribution in [2.24, 2.45) is 17.6 Å². The molecule has 0 aromatic heterocycles. The predicted octanol–water partition coefficient (Wildman–Crippen LogP) is -0.454. The maximum atomic E-state index is 13.5. The molecule has 0 heterocycles. The molecule has 10 heteroatoms. The molecule has 1 aromatic rings. The molecule has 1 aromatic carbocycles. The number of hydrogen-bond donors (Lipinski definition) is 6. The van der Waals surface area contributed by atoms with Crippen molar-refractivity contribution in [1.82, 2.24) is 4.90 Å². The third kappa shape index (κ3) is 2.55. The van der Waals surface area contributed by atoms with Gasteiger partial charge in [0.1, 0.15) is 22.8 Å². The summed E-state index contributed by atoms with van der Waals surface area (Å²) in [5, 5.41) is 43.4. The topological polar surface area (TPSA) is 187 Å². The van der Waals surface area contributed by atoms with Gasteiger partial charge in [-0.1, -0.05) is 6.07 Å². The summed E-state index contributed by atoms with van der Waals surface area (Å²) < 4.78 is 0. The third-order valence-corrected chi connectivity index (χ3v) is 6.62. The van der Waals surface area contributed by atoms with Gasteiger partial charge in [0, 0.05) is 11.5 Å². The number of nitrogens with two attached hydrogens (primary N) is 2. The summed E-state index contributed by atoms with van der Waals surface area (Å²) in [5.41, 5.74) is 7.85. The molecule has 0 spiro atoms. The number of hydrogen-bond acceptors (Lipinski definition) is 9. The number of nitrogen functional groups attached to an aromatic ring is 1. The Kier molecular flexibility index (Phi) is 4.42. The first-order valence-corrected chi connectivity index (χ1v) is 9.68. The second kappa shape index (κ2) is 6.56. The number of rotatable bonds is 2. The molecule has 31 heavy (non-hydrogen) atoms. The van der Waals surface area contributed by atoms with E-state index in [-0.39, 0.29) is 29.7 Å². The van der Waals surface area contributed by atoms with E-state index in [1.165, 1.54) is 11.0 Å². The van der Waals surface area contributed by atoms with Gasteiger partial charge in [0.05, 0.1) is 17.3 Å². The van der Waals surface area contributed by atoms with E-state index in [2.05, 4.69) is 0 Å². The molecular formula is C21H23N3O7. The fourth-order valence-electron chi connectivity index (χ4n) is 5.23. The molecule has 1 saturated carbocycles. The Hall–Kier alpha value is -3.37. The summed E-state index contributed by atoms with van der Waals surface area (Å²) in [6.45, 7) is 0. The summed E-state index contributed by atoms with van der Waals surface area (Å²) in [5.74, 6) is -6.84. The molecule has 164 valence electrons. The molecule has 10 nitrogen and oxygen atoms in total. The van der Waals surface area contributed by atoms with Crippen molar-refractivity contribution in [2.45, 2.75) is 24.5 Å². The highest BCUT2D eigenvalue weighted by atomic mass is 16.3. The lowest BCUT2D eigenvalue weighted by molar-refractivity contribution is -0.153. The Morgan fingerprint density at radius 1 is 1.19 bits per heavy atom. The molecule has 3 aliphatic rings. The number of nitrogens with zero attached hydrogens (tertiary/aromatic N) is 1. The van der Waals surface area contributed by atoms with Crippen LogP contribution < -0.4 is 11.5 Å². The fraction of sp³-hybridized carbons (Fsp3) is 0.381. The van der Waals surface area contributed by atoms with Crippen molar-refractivity contribution >= 4 is 28.9 Å². The lowest BCUT2D eigenvalue weighted by atomic mass is 9.57. The highest BCUT2D eigenvalue weighted by Gasteiger charge is 2.64. The number of fused-ring (bicyclic) bond motifs is 3. The summed E-state index contributed by atoms with van der Waals surface area (Å²) in [4.78, 5) is 39.8. The van der Waals surface area contributed by atoms with Crippen LogP contribution >= 0.6 is 0 Å². The van der Waals surface area contributed by atoms with Crippen molar-refractivity contribution in [2.75, 3.05) is 19.8 Å². The minimum atomic E-state index is -2.64. The monoisotopic (exact) mass is 429 g/mol. The van der Waals surface area contributed by atoms with Crippen LogP contribution in [0.15, 0.2) is 29.0 Å². The lowest BCUT2D eigenvalue weighted by Gasteiger charge is -2.50. The first kappa shape index (κ1) is 20.9. The molecule has 0 unspecified atom stereocenters. The fourth-order valence-corrected chi connectivity index (χ4v) is 5.23. The van der Waals surface area contributed by atoms with Gasteiger partial charge < -0.3 is 31.9 Å². The number of phenols is 1. The van der Waals surface area contributed by atoms with E-state index in [0.717, 1.165) is 0 Å². The van der Waals surface area contributed by atoms with E-state index in [0.29, 0.717) is 5.56 Å². The van der Waals surface area contributed by atoms with Gasteiger partial charge in [-0.05, 0) is 44.5 Å². The minimum Gasteiger partial charge on any atom is -0.508 e. The van der Waals surface area contributed by atoms with Crippen molar-refractivity contribution in [3.63, 3.8) is 0 Å². The van der Waals surface area contributed by atoms with Crippen LogP contribution in [-0.2, 0) is 20.8 Å². The standard InChI is InChI=1S/C21H23N3O7/c1-24(2)14-9-6-8-5-7-3-4-10(22)15(25)11(7)16(26)12(8)18(28)21(9,31)19(29)13(17(14)27)20(23)30/h3-4,8-9,14,25-26,29,31H,5-6,22H2,1-2H3,(H2,23,30)/t8-,9-,14-,21+/m0/s1. The number of aliphatic hydroxyl groups is 3. The first-order valence-electron chi connectivity index (χ1n) is 9.68. The van der Waals surface area contributed by atoms with Crippen molar-refractivity contribution < 1.29 is 34.8 Å². The number of amides is 1. The zero-order valence-electron chi connectivity index (χ0n) is 16.9. The molecule has 0 radical (unpaired) electrons. The van der Waals surface area contributed by atoms with Gasteiger partial charge in [-0.15, -0.1) is 0 Å². The molecule has 4 atom stereocenters. The van der Waals surface area contributed by atoms with Gasteiger partial charge in [0.25, 0.3) is 5.91 Å². The molecular weight excluding hydrogens is 406 g/mol. The van der Waals surface area contributed by atoms with Crippen LogP contribution in [-0.4, -0.2) is 68.5 Å². The molecule has 1 amide bonds. The number of phenolic OH excluding ortho intramolecular Hbond substituents is 1. The normalized spacial score (nSPS) is 30.3. The van der Waals surface area contributed by atoms with E-state index < -0.39 is 63.8 Å². The molecule has 0 aliphatic heterocycles. The lowest BCUT2D eigenvalue weighted by Crippen LogP contribution is -2.65. The van der Waals surface area contributed by atoms with Crippen LogP contribution in [0, 0.1) is 11.8 Å². The average Bonchev–Trinajstić information content (AvgIpc) is 2.67. The summed E-state index contributed by atoms with van der Waals surface area (Å²) in [6.07, 6.45) is 0.291. The van der Waals surface area contributed by atoms with Crippen LogP contribution in [0.1, 0.15) is 17.5 Å². The van der Waals surface area contributed by atoms with Crippen molar-refractivity contribution in [3.8, 4) is 5.75 Å². The second-order valence-corrected chi connectivity index (χ2v) is 8.50. The number of anilines is 1. The quantitative estimate of drug-likeness (QED) is 0.205. The van der Waals surface area contributed by atoms with Crippen LogP contribution in [0.5, 0.6) is 5.75 Å².